The van der Waals surface area contributed by atoms with Gasteiger partial charge in [-0.2, -0.15) is 0 Å². The third kappa shape index (κ3) is 3.42. The van der Waals surface area contributed by atoms with Gasteiger partial charge in [-0.3, -0.25) is 0 Å². The molecular formula is C14H24N4. The van der Waals surface area contributed by atoms with Crippen molar-refractivity contribution in [3.05, 3.63) is 18.1 Å². The number of hydrogen-bond donors (Lipinski definition) is 1. The molecule has 18 heavy (non-hydrogen) atoms. The summed E-state index contributed by atoms with van der Waals surface area (Å²) in [7, 11) is 2.10. The van der Waals surface area contributed by atoms with Crippen LogP contribution in [-0.2, 0) is 0 Å². The van der Waals surface area contributed by atoms with Crippen molar-refractivity contribution in [1.82, 2.24) is 15.3 Å². The Morgan fingerprint density at radius 3 is 2.94 bits per heavy atom. The highest BCUT2D eigenvalue weighted by atomic mass is 15.2. The lowest BCUT2D eigenvalue weighted by atomic mass is 9.96. The van der Waals surface area contributed by atoms with Crippen LogP contribution in [0.25, 0.3) is 0 Å². The number of piperidine rings is 1. The fourth-order valence-electron chi connectivity index (χ4n) is 2.54. The summed E-state index contributed by atoms with van der Waals surface area (Å²) in [5, 5.41) is 3.44. The molecule has 0 amide bonds. The molecule has 2 rings (SSSR count). The van der Waals surface area contributed by atoms with E-state index in [4.69, 9.17) is 0 Å². The summed E-state index contributed by atoms with van der Waals surface area (Å²) in [5.41, 5.74) is 1.18. The zero-order chi connectivity index (χ0) is 13.0. The summed E-state index contributed by atoms with van der Waals surface area (Å²) >= 11 is 0. The summed E-state index contributed by atoms with van der Waals surface area (Å²) in [4.78, 5) is 11.0. The topological polar surface area (TPSA) is 41.0 Å². The molecule has 1 atom stereocenters. The number of aromatic nitrogens is 2. The quantitative estimate of drug-likeness (QED) is 0.885. The lowest BCUT2D eigenvalue weighted by Crippen LogP contribution is -2.29. The summed E-state index contributed by atoms with van der Waals surface area (Å²) < 4.78 is 0. The van der Waals surface area contributed by atoms with Crippen molar-refractivity contribution in [1.29, 1.82) is 0 Å². The molecule has 0 aromatic carbocycles. The molecule has 0 spiro atoms. The van der Waals surface area contributed by atoms with Crippen LogP contribution in [0.4, 0.5) is 5.82 Å². The van der Waals surface area contributed by atoms with Gasteiger partial charge in [-0.05, 0) is 25.3 Å². The van der Waals surface area contributed by atoms with Crippen LogP contribution in [0.5, 0.6) is 0 Å². The number of anilines is 1. The third-order valence-electron chi connectivity index (χ3n) is 3.42. The van der Waals surface area contributed by atoms with E-state index in [1.165, 1.54) is 18.5 Å². The van der Waals surface area contributed by atoms with Crippen LogP contribution in [-0.4, -0.2) is 36.6 Å². The molecule has 1 fully saturated rings. The van der Waals surface area contributed by atoms with Crippen LogP contribution in [0.2, 0.25) is 0 Å². The maximum atomic E-state index is 4.45. The van der Waals surface area contributed by atoms with Crippen LogP contribution in [0.1, 0.15) is 38.3 Å². The van der Waals surface area contributed by atoms with E-state index >= 15 is 0 Å². The van der Waals surface area contributed by atoms with E-state index in [1.54, 1.807) is 6.33 Å². The average Bonchev–Trinajstić information content (AvgIpc) is 2.39. The van der Waals surface area contributed by atoms with Gasteiger partial charge in [0.25, 0.3) is 0 Å². The minimum atomic E-state index is 0.549. The first kappa shape index (κ1) is 13.3. The second-order valence-corrected chi connectivity index (χ2v) is 5.62. The molecule has 2 heterocycles. The van der Waals surface area contributed by atoms with Crippen LogP contribution < -0.4 is 10.2 Å². The van der Waals surface area contributed by atoms with Crippen molar-refractivity contribution in [3.8, 4) is 0 Å². The van der Waals surface area contributed by atoms with Gasteiger partial charge in [0.2, 0.25) is 0 Å². The van der Waals surface area contributed by atoms with E-state index in [1.807, 2.05) is 0 Å². The molecule has 1 aliphatic rings. The normalized spacial score (nSPS) is 20.1. The SMILES string of the molecule is CC(C)CN(C)c1cc([C@@H]2CCCNC2)ncn1. The first-order chi connectivity index (χ1) is 8.66. The Hall–Kier alpha value is -1.16. The lowest BCUT2D eigenvalue weighted by Gasteiger charge is -2.24. The maximum absolute atomic E-state index is 4.45. The molecular weight excluding hydrogens is 224 g/mol. The van der Waals surface area contributed by atoms with E-state index in [0.717, 1.165) is 25.5 Å². The maximum Gasteiger partial charge on any atom is 0.131 e. The molecule has 1 aromatic rings. The highest BCUT2D eigenvalue weighted by Crippen LogP contribution is 2.23. The van der Waals surface area contributed by atoms with Gasteiger partial charge in [-0.1, -0.05) is 13.8 Å². The van der Waals surface area contributed by atoms with Crippen molar-refractivity contribution < 1.29 is 0 Å². The number of hydrogen-bond acceptors (Lipinski definition) is 4. The smallest absolute Gasteiger partial charge is 0.131 e. The highest BCUT2D eigenvalue weighted by Gasteiger charge is 2.17. The fourth-order valence-corrected chi connectivity index (χ4v) is 2.54. The van der Waals surface area contributed by atoms with Gasteiger partial charge >= 0.3 is 0 Å². The second-order valence-electron chi connectivity index (χ2n) is 5.62. The summed E-state index contributed by atoms with van der Waals surface area (Å²) in [6.07, 6.45) is 4.18. The van der Waals surface area contributed by atoms with Gasteiger partial charge in [0, 0.05) is 32.1 Å². The zero-order valence-electron chi connectivity index (χ0n) is 11.7. The highest BCUT2D eigenvalue weighted by molar-refractivity contribution is 5.38. The largest absolute Gasteiger partial charge is 0.359 e. The molecule has 1 aliphatic heterocycles. The van der Waals surface area contributed by atoms with E-state index < -0.39 is 0 Å². The molecule has 4 nitrogen and oxygen atoms in total. The summed E-state index contributed by atoms with van der Waals surface area (Å²) in [6.45, 7) is 7.67. The Labute approximate surface area is 110 Å². The molecule has 0 unspecified atom stereocenters. The Kier molecular flexibility index (Phi) is 4.53. The van der Waals surface area contributed by atoms with Crippen LogP contribution >= 0.6 is 0 Å². The molecule has 0 saturated carbocycles. The summed E-state index contributed by atoms with van der Waals surface area (Å²) in [5.74, 6) is 2.23. The van der Waals surface area contributed by atoms with Crippen LogP contribution in [0.3, 0.4) is 0 Å². The molecule has 4 heteroatoms. The van der Waals surface area contributed by atoms with Crippen molar-refractivity contribution in [3.63, 3.8) is 0 Å². The predicted molar refractivity (Wildman–Crippen MR) is 75.0 cm³/mol. The van der Waals surface area contributed by atoms with Crippen molar-refractivity contribution in [2.24, 2.45) is 5.92 Å². The molecule has 1 N–H and O–H groups in total. The predicted octanol–water partition coefficient (Wildman–Crippen LogP) is 2.04. The molecule has 0 bridgehead atoms. The van der Waals surface area contributed by atoms with Gasteiger partial charge < -0.3 is 10.2 Å². The Morgan fingerprint density at radius 1 is 1.44 bits per heavy atom. The van der Waals surface area contributed by atoms with Gasteiger partial charge in [0.15, 0.2) is 0 Å². The monoisotopic (exact) mass is 248 g/mol. The van der Waals surface area contributed by atoms with E-state index in [9.17, 15) is 0 Å². The lowest BCUT2D eigenvalue weighted by molar-refractivity contribution is 0.454. The molecule has 0 aliphatic carbocycles. The molecule has 100 valence electrons. The third-order valence-corrected chi connectivity index (χ3v) is 3.42. The standard InChI is InChI=1S/C14H24N4/c1-11(2)9-18(3)14-7-13(16-10-17-14)12-5-4-6-15-8-12/h7,10-12,15H,4-6,8-9H2,1-3H3/t12-/m1/s1. The molecule has 1 aromatic heterocycles. The Bertz CT molecular complexity index is 372. The number of nitrogens with one attached hydrogen (secondary N) is 1. The van der Waals surface area contributed by atoms with E-state index in [2.05, 4.69) is 47.1 Å². The van der Waals surface area contributed by atoms with Gasteiger partial charge in [-0.25, -0.2) is 9.97 Å². The number of rotatable bonds is 4. The molecule has 0 radical (unpaired) electrons. The van der Waals surface area contributed by atoms with Gasteiger partial charge in [-0.15, -0.1) is 0 Å². The van der Waals surface area contributed by atoms with Gasteiger partial charge in [0.1, 0.15) is 12.1 Å². The first-order valence-corrected chi connectivity index (χ1v) is 6.90. The van der Waals surface area contributed by atoms with Crippen LogP contribution in [0.15, 0.2) is 12.4 Å². The fraction of sp³-hybridized carbons (Fsp3) is 0.714. The first-order valence-electron chi connectivity index (χ1n) is 6.90. The minimum Gasteiger partial charge on any atom is -0.359 e. The van der Waals surface area contributed by atoms with Gasteiger partial charge in [0.05, 0.1) is 5.69 Å². The van der Waals surface area contributed by atoms with E-state index in [0.29, 0.717) is 11.8 Å². The minimum absolute atomic E-state index is 0.549. The summed E-state index contributed by atoms with van der Waals surface area (Å²) in [6, 6.07) is 2.15. The van der Waals surface area contributed by atoms with Crippen LogP contribution in [0, 0.1) is 5.92 Å². The Balaban J connectivity index is 2.08. The Morgan fingerprint density at radius 2 is 2.28 bits per heavy atom. The molecule has 1 saturated heterocycles. The average molecular weight is 248 g/mol. The van der Waals surface area contributed by atoms with E-state index in [-0.39, 0.29) is 0 Å². The van der Waals surface area contributed by atoms with Crippen molar-refractivity contribution in [2.75, 3.05) is 31.6 Å². The van der Waals surface area contributed by atoms with Crippen molar-refractivity contribution >= 4 is 5.82 Å². The van der Waals surface area contributed by atoms with Crippen molar-refractivity contribution in [2.45, 2.75) is 32.6 Å². The zero-order valence-corrected chi connectivity index (χ0v) is 11.7. The number of nitrogens with zero attached hydrogens (tertiary/aromatic N) is 3. The second kappa shape index (κ2) is 6.14.